The number of rotatable bonds is 40. The predicted molar refractivity (Wildman–Crippen MR) is 420 cm³/mol. The van der Waals surface area contributed by atoms with Gasteiger partial charge in [-0.25, -0.2) is 0 Å². The van der Waals surface area contributed by atoms with Crippen LogP contribution in [-0.4, -0.2) is 467 Å². The molecule has 0 aromatic rings. The van der Waals surface area contributed by atoms with Gasteiger partial charge in [0, 0.05) is 93.8 Å². The summed E-state index contributed by atoms with van der Waals surface area (Å²) in [6, 6.07) is 0. The van der Waals surface area contributed by atoms with E-state index in [2.05, 4.69) is 0 Å². The fourth-order valence-electron chi connectivity index (χ4n) is 14.6. The van der Waals surface area contributed by atoms with E-state index in [4.69, 9.17) is 75.8 Å². The van der Waals surface area contributed by atoms with Gasteiger partial charge in [0.25, 0.3) is 0 Å². The number of aliphatic hydroxyl groups is 16. The number of carbonyl (C=O) groups is 8. The summed E-state index contributed by atoms with van der Waals surface area (Å²) < 4.78 is 99.6. The van der Waals surface area contributed by atoms with Crippen molar-refractivity contribution >= 4 is 142 Å². The van der Waals surface area contributed by atoms with Gasteiger partial charge in [0.1, 0.15) is 146 Å². The normalized spacial score (nSPS) is 39.1. The number of aliphatic hydroxyl groups excluding tert-OH is 16. The molecule has 0 aromatic carbocycles. The van der Waals surface area contributed by atoms with Gasteiger partial charge in [0.05, 0.1) is 48.8 Å². The largest absolute Gasteiger partial charge is 1.00 e. The van der Waals surface area contributed by atoms with Crippen LogP contribution in [0, 0.1) is 0 Å². The fraction of sp³-hybridized carbons (Fsp3) is 0.889. The average Bonchev–Trinajstić information content (AvgIpc) is 0.802. The summed E-state index contributed by atoms with van der Waals surface area (Å²) in [7, 11) is 0. The van der Waals surface area contributed by atoms with E-state index in [1.807, 2.05) is 0 Å². The Kier molecular flexibility index (Phi) is 71.6. The van der Waals surface area contributed by atoms with Gasteiger partial charge in [0.15, 0.2) is 50.3 Å². The van der Waals surface area contributed by atoms with E-state index in [1.165, 1.54) is 0 Å². The quantitative estimate of drug-likeness (QED) is 0.0200. The van der Waals surface area contributed by atoms with E-state index in [9.17, 15) is 161 Å². The molecule has 0 saturated carbocycles. The Hall–Kier alpha value is 5.28. The molecule has 736 valence electrons. The van der Waals surface area contributed by atoms with E-state index in [0.717, 1.165) is 94.1 Å². The molecule has 16 N–H and O–H groups in total. The summed E-state index contributed by atoms with van der Waals surface area (Å²) in [5.41, 5.74) is 0. The average molecular weight is 2180 g/mol. The van der Waals surface area contributed by atoms with Gasteiger partial charge in [-0.15, -0.1) is 0 Å². The van der Waals surface area contributed by atoms with Crippen molar-refractivity contribution in [3.8, 4) is 0 Å². The maximum Gasteiger partial charge on any atom is 1.00 e. The monoisotopic (exact) mass is 2180 g/mol. The number of ether oxygens (including phenoxy) is 16. The Morgan fingerprint density at radius 2 is 0.250 bits per heavy atom. The summed E-state index contributed by atoms with van der Waals surface area (Å²) in [5.74, 6) is -17.6. The van der Waals surface area contributed by atoms with E-state index in [0.29, 0.717) is 0 Å². The van der Waals surface area contributed by atoms with Crippen LogP contribution in [0.25, 0.3) is 0 Å². The third kappa shape index (κ3) is 41.5. The zero-order valence-electron chi connectivity index (χ0n) is 75.5. The molecule has 40 atom stereocenters. The predicted octanol–water partition coefficient (Wildman–Crippen LogP) is -42.3. The van der Waals surface area contributed by atoms with E-state index >= 15 is 0 Å². The molecule has 0 radical (unpaired) electrons. The molecule has 30 aliphatic rings. The van der Waals surface area contributed by atoms with Crippen LogP contribution in [0.3, 0.4) is 0 Å². The molecule has 64 heteroatoms. The Labute approximate surface area is 990 Å². The van der Waals surface area contributed by atoms with Gasteiger partial charge in [-0.3, -0.25) is 0 Å². The first-order valence-electron chi connectivity index (χ1n) is 40.3. The van der Waals surface area contributed by atoms with Gasteiger partial charge in [-0.1, -0.05) is 0 Å². The summed E-state index contributed by atoms with van der Waals surface area (Å²) in [6.07, 6.45) is -88.6. The van der Waals surface area contributed by atoms with Gasteiger partial charge in [0.2, 0.25) is 0 Å². The minimum absolute atomic E-state index is 0. The third-order valence-corrected chi connectivity index (χ3v) is 29.8. The number of hydrogen-bond acceptors (Lipinski definition) is 56. The van der Waals surface area contributed by atoms with Crippen molar-refractivity contribution in [1.29, 1.82) is 0 Å². The standard InChI is InChI=1S/C72H112O48S8.8Na/c73-33(74)1-9-121-17-25-57-41(89)49(97)65(105-25)114-58-26(18-122-10-2-34(75)76)107-67(51(99)43(58)91)116-60-28(20-124-12-4-36(79)80)109-69(53(101)45(60)93)118-62-30(22-126-14-6-38(83)84)111-71(55(103)47(62)95)120-64-32(24-128-16-8-40(87)88)112-72(56(104)48(64)96)119-63-31(23-127-15-7-39(85)86)110-70(54(102)46(63)94)117-61-29(21-125-13-5-37(81)82)108-68(52(100)44(61)92)115-59-27(19-123-11-3-35(77)78)106-66(113-57)50(98)42(59)90;;;;;;;;/h25-32,41-72,89-104H,1-24H2,(H,73,74)(H,75,76)(H,77,78)(H,79,80)(H,81,82)(H,83,84)(H,85,86)(H,87,88);;;;;;;;/q;8*+1/p-8/t25-,26-,27-,28-,29-,30-,31-,32-,41-,42-,43-,44-,45-,46-,47-,48-,49-,50-,51-,52-,53-,54-,55-,56-,57-,58-,59-,60-,61-,62-,63-,64-,65-,66-,67-,68+,69+,70+,71-,72+;;;;;;;;/m1......../s1. The molecule has 0 amide bonds. The van der Waals surface area contributed by atoms with Crippen LogP contribution in [-0.2, 0) is 114 Å². The maximum atomic E-state index is 12.2. The zero-order chi connectivity index (χ0) is 93.7. The van der Waals surface area contributed by atoms with Crippen molar-refractivity contribution in [3.05, 3.63) is 0 Å². The first-order valence-corrected chi connectivity index (χ1v) is 49.6. The molecule has 30 saturated heterocycles. The second-order valence-electron chi connectivity index (χ2n) is 30.6. The smallest absolute Gasteiger partial charge is 0.550 e. The fourth-order valence-corrected chi connectivity index (χ4v) is 22.5. The Bertz CT molecular complexity index is 2870. The second-order valence-corrected chi connectivity index (χ2v) is 39.8. The van der Waals surface area contributed by atoms with Crippen molar-refractivity contribution in [2.45, 2.75) is 297 Å². The molecule has 0 aromatic heterocycles. The van der Waals surface area contributed by atoms with Gasteiger partial charge < -0.3 is 237 Å². The van der Waals surface area contributed by atoms with Crippen LogP contribution in [0.15, 0.2) is 0 Å². The molecule has 16 bridgehead atoms. The maximum absolute atomic E-state index is 12.2. The topological polar surface area (TPSA) is 792 Å². The molecule has 30 rings (SSSR count). The summed E-state index contributed by atoms with van der Waals surface area (Å²) in [6.45, 7) is 0. The number of hydrogen-bond donors (Lipinski definition) is 16. The SMILES string of the molecule is O=C([O-])CCSC[C@H]1O[C@H]2O[C@H]3[C@H](O)[C@@H](O)[C@H](O[C@H]4[C@H](O)[C@@H](O)[C@@H](O[C@H]5[C@H](O)[C@@H](O)[C@@H](O[C@H]6[C@H](O)[C@@H](O)[C@@H](O[C@H]7[C@H](O)[C@@H](O)[C@H](O[C@H]8[C@H](O)[C@@H](O)[C@@H](O[C@H]9[C@H](O)[C@@H](O)[C@H](O[C@H]1[C@H](O)[C@H]2O)O[C@@H]9CSCCC(=O)[O-])O[C@@H]8CSCCC(=O)[O-])O[C@@H]7CSCCC(=O)[O-])O[C@@H]6CSCCC(=O)[O-])O[C@@H]5CSCCC(=O)[O-])O[C@@H]4CSCCC(=O)[O-])O[C@@H]3CSCCC(=O)[O-].[Na+].[Na+].[Na+].[Na+].[Na+].[Na+].[Na+].[Na+]. The first-order chi connectivity index (χ1) is 60.7. The summed E-state index contributed by atoms with van der Waals surface area (Å²) >= 11 is 6.55. The van der Waals surface area contributed by atoms with Crippen molar-refractivity contribution in [2.24, 2.45) is 0 Å². The Morgan fingerprint density at radius 1 is 0.162 bits per heavy atom. The number of thioether (sulfide) groups is 8. The van der Waals surface area contributed by atoms with Gasteiger partial charge in [-0.05, 0) is 97.4 Å². The van der Waals surface area contributed by atoms with Crippen molar-refractivity contribution in [1.82, 2.24) is 0 Å². The Morgan fingerprint density at radius 3 is 0.331 bits per heavy atom. The van der Waals surface area contributed by atoms with Crippen molar-refractivity contribution < 1.29 is 473 Å². The third-order valence-electron chi connectivity index (χ3n) is 21.3. The summed E-state index contributed by atoms with van der Waals surface area (Å²) in [4.78, 5) is 93.3. The first kappa shape index (κ1) is 139. The van der Waals surface area contributed by atoms with Crippen LogP contribution >= 0.6 is 94.1 Å². The van der Waals surface area contributed by atoms with Gasteiger partial charge in [-0.2, -0.15) is 94.1 Å². The molecule has 30 fully saturated rings. The number of carboxylic acid groups (broad SMARTS) is 8. The minimum Gasteiger partial charge on any atom is -0.550 e. The second kappa shape index (κ2) is 69.9. The molecule has 136 heavy (non-hydrogen) atoms. The number of aliphatic carboxylic acids is 8. The molecule has 0 spiro atoms. The van der Waals surface area contributed by atoms with Crippen LogP contribution in [0.2, 0.25) is 0 Å². The van der Waals surface area contributed by atoms with Crippen LogP contribution < -0.4 is 277 Å². The molecule has 30 aliphatic heterocycles. The van der Waals surface area contributed by atoms with Crippen LogP contribution in [0.1, 0.15) is 51.4 Å². The minimum atomic E-state index is -2.36. The molecule has 30 heterocycles. The number of carbonyl (C=O) groups excluding carboxylic acids is 8. The molecule has 0 aliphatic carbocycles. The molecular weight excluding hydrogens is 2070 g/mol. The molecule has 0 unspecified atom stereocenters. The molecule has 48 nitrogen and oxygen atoms in total. The van der Waals surface area contributed by atoms with Gasteiger partial charge >= 0.3 is 236 Å². The Balaban J connectivity index is 0.0000116. The van der Waals surface area contributed by atoms with Crippen molar-refractivity contribution in [3.63, 3.8) is 0 Å². The van der Waals surface area contributed by atoms with E-state index in [1.54, 1.807) is 0 Å². The van der Waals surface area contributed by atoms with E-state index in [-0.39, 0.29) is 282 Å². The van der Waals surface area contributed by atoms with Crippen LogP contribution in [0.4, 0.5) is 0 Å². The van der Waals surface area contributed by atoms with E-state index < -0.39 is 391 Å². The zero-order valence-corrected chi connectivity index (χ0v) is 98.1. The summed E-state index contributed by atoms with van der Waals surface area (Å²) in [5, 5.41) is 288. The van der Waals surface area contributed by atoms with Crippen LogP contribution in [0.5, 0.6) is 0 Å². The van der Waals surface area contributed by atoms with Crippen molar-refractivity contribution in [2.75, 3.05) is 92.0 Å². The number of carboxylic acids is 8. The molecular formula is C72H104Na8O48S8.